The van der Waals surface area contributed by atoms with Crippen molar-refractivity contribution in [2.45, 2.75) is 6.18 Å². The molecule has 1 N–H and O–H groups in total. The van der Waals surface area contributed by atoms with Crippen molar-refractivity contribution in [1.29, 1.82) is 0 Å². The summed E-state index contributed by atoms with van der Waals surface area (Å²) in [5, 5.41) is 0. The van der Waals surface area contributed by atoms with Gasteiger partial charge >= 0.3 is 11.9 Å². The molecule has 100 valence electrons. The van der Waals surface area contributed by atoms with Crippen LogP contribution in [-0.2, 0) is 13.2 Å². The summed E-state index contributed by atoms with van der Waals surface area (Å²) < 4.78 is 38.0. The van der Waals surface area contributed by atoms with Gasteiger partial charge in [-0.2, -0.15) is 13.2 Å². The normalized spacial score (nSPS) is 11.6. The van der Waals surface area contributed by atoms with Crippen LogP contribution in [0.25, 0.3) is 11.3 Å². The Morgan fingerprint density at radius 2 is 1.68 bits per heavy atom. The van der Waals surface area contributed by atoms with Crippen molar-refractivity contribution >= 4 is 0 Å². The van der Waals surface area contributed by atoms with E-state index in [0.717, 1.165) is 22.8 Å². The molecule has 2 rings (SSSR count). The van der Waals surface area contributed by atoms with Crippen molar-refractivity contribution in [3.8, 4) is 11.3 Å². The smallest absolute Gasteiger partial charge is 0.307 e. The first-order valence-electron chi connectivity index (χ1n) is 5.27. The molecule has 1 heterocycles. The summed E-state index contributed by atoms with van der Waals surface area (Å²) in [5.41, 5.74) is -1.42. The number of rotatable bonds is 1. The number of nitrogens with zero attached hydrogens (tertiary/aromatic N) is 1. The molecule has 2 aromatic rings. The Kier molecular flexibility index (Phi) is 3.05. The molecule has 0 aliphatic rings. The molecule has 4 nitrogen and oxygen atoms in total. The van der Waals surface area contributed by atoms with Crippen LogP contribution >= 0.6 is 0 Å². The van der Waals surface area contributed by atoms with Crippen LogP contribution in [0.15, 0.2) is 39.9 Å². The molecule has 0 saturated carbocycles. The van der Waals surface area contributed by atoms with Gasteiger partial charge in [0.15, 0.2) is 0 Å². The van der Waals surface area contributed by atoms with Crippen LogP contribution in [0.5, 0.6) is 0 Å². The van der Waals surface area contributed by atoms with Crippen LogP contribution in [0.4, 0.5) is 13.2 Å². The molecule has 0 atom stereocenters. The van der Waals surface area contributed by atoms with Crippen LogP contribution in [0.3, 0.4) is 0 Å². The van der Waals surface area contributed by atoms with E-state index >= 15 is 0 Å². The van der Waals surface area contributed by atoms with Gasteiger partial charge in [-0.15, -0.1) is 0 Å². The lowest BCUT2D eigenvalue weighted by atomic mass is 10.1. The first-order valence-corrected chi connectivity index (χ1v) is 5.27. The second-order valence-electron chi connectivity index (χ2n) is 3.96. The Balaban J connectivity index is 2.49. The van der Waals surface area contributed by atoms with Gasteiger partial charge in [0.1, 0.15) is 0 Å². The summed E-state index contributed by atoms with van der Waals surface area (Å²) in [7, 11) is 1.30. The van der Waals surface area contributed by atoms with Crippen LogP contribution < -0.4 is 11.2 Å². The molecule has 0 saturated heterocycles. The molecule has 19 heavy (non-hydrogen) atoms. The lowest BCUT2D eigenvalue weighted by Gasteiger charge is -2.07. The van der Waals surface area contributed by atoms with Gasteiger partial charge in [0, 0.05) is 13.1 Å². The van der Waals surface area contributed by atoms with Crippen molar-refractivity contribution in [3.05, 3.63) is 56.7 Å². The Morgan fingerprint density at radius 3 is 2.16 bits per heavy atom. The molecule has 7 heteroatoms. The van der Waals surface area contributed by atoms with Gasteiger partial charge in [-0.05, 0) is 17.7 Å². The van der Waals surface area contributed by atoms with Gasteiger partial charge in [-0.3, -0.25) is 9.36 Å². The number of H-pyrrole nitrogens is 1. The van der Waals surface area contributed by atoms with E-state index in [9.17, 15) is 22.8 Å². The highest BCUT2D eigenvalue weighted by Crippen LogP contribution is 2.30. The first kappa shape index (κ1) is 13.1. The minimum atomic E-state index is -4.42. The average molecular weight is 270 g/mol. The Labute approximate surface area is 105 Å². The minimum Gasteiger partial charge on any atom is -0.307 e. The van der Waals surface area contributed by atoms with Crippen molar-refractivity contribution in [2.24, 2.45) is 7.05 Å². The standard InChI is InChI=1S/C12H9F3N2O2/c1-17-10(18)6-9(16-11(17)19)7-2-4-8(5-3-7)12(13,14)15/h2-6H,1H3,(H,16,19). The molecule has 0 bridgehead atoms. The molecule has 0 spiro atoms. The van der Waals surface area contributed by atoms with Gasteiger partial charge in [-0.1, -0.05) is 12.1 Å². The van der Waals surface area contributed by atoms with Crippen LogP contribution in [-0.4, -0.2) is 9.55 Å². The fourth-order valence-corrected chi connectivity index (χ4v) is 1.55. The van der Waals surface area contributed by atoms with E-state index in [1.165, 1.54) is 19.2 Å². The molecule has 0 aliphatic carbocycles. The maximum atomic E-state index is 12.4. The van der Waals surface area contributed by atoms with E-state index < -0.39 is 23.0 Å². The largest absolute Gasteiger partial charge is 0.416 e. The number of benzene rings is 1. The Hall–Kier alpha value is -2.31. The Bertz CT molecular complexity index is 680. The zero-order valence-electron chi connectivity index (χ0n) is 9.78. The lowest BCUT2D eigenvalue weighted by Crippen LogP contribution is -2.32. The molecule has 0 aliphatic heterocycles. The van der Waals surface area contributed by atoms with Crippen LogP contribution in [0.1, 0.15) is 5.56 Å². The second kappa shape index (κ2) is 4.42. The van der Waals surface area contributed by atoms with Gasteiger partial charge < -0.3 is 4.98 Å². The number of nitrogens with one attached hydrogen (secondary N) is 1. The van der Waals surface area contributed by atoms with E-state index in [1.807, 2.05) is 0 Å². The minimum absolute atomic E-state index is 0.182. The third-order valence-electron chi connectivity index (χ3n) is 2.67. The van der Waals surface area contributed by atoms with E-state index in [4.69, 9.17) is 0 Å². The van der Waals surface area contributed by atoms with Crippen LogP contribution in [0.2, 0.25) is 0 Å². The van der Waals surface area contributed by atoms with Gasteiger partial charge in [0.2, 0.25) is 0 Å². The van der Waals surface area contributed by atoms with Crippen molar-refractivity contribution in [2.75, 3.05) is 0 Å². The number of aromatic nitrogens is 2. The van der Waals surface area contributed by atoms with E-state index in [0.29, 0.717) is 5.56 Å². The number of aromatic amines is 1. The quantitative estimate of drug-likeness (QED) is 0.858. The molecule has 0 unspecified atom stereocenters. The highest BCUT2D eigenvalue weighted by molar-refractivity contribution is 5.58. The Morgan fingerprint density at radius 1 is 1.11 bits per heavy atom. The summed E-state index contributed by atoms with van der Waals surface area (Å²) in [5.74, 6) is 0. The summed E-state index contributed by atoms with van der Waals surface area (Å²) >= 11 is 0. The highest BCUT2D eigenvalue weighted by atomic mass is 19.4. The predicted octanol–water partition coefficient (Wildman–Crippen LogP) is 1.76. The number of hydrogen-bond donors (Lipinski definition) is 1. The topological polar surface area (TPSA) is 54.9 Å². The fourth-order valence-electron chi connectivity index (χ4n) is 1.55. The zero-order valence-corrected chi connectivity index (χ0v) is 9.78. The van der Waals surface area contributed by atoms with E-state index in [2.05, 4.69) is 4.98 Å². The second-order valence-corrected chi connectivity index (χ2v) is 3.96. The molecule has 1 aromatic carbocycles. The maximum absolute atomic E-state index is 12.4. The molecule has 0 fully saturated rings. The van der Waals surface area contributed by atoms with Crippen LogP contribution in [0, 0.1) is 0 Å². The number of alkyl halides is 3. The monoisotopic (exact) mass is 270 g/mol. The zero-order chi connectivity index (χ0) is 14.2. The molecule has 0 radical (unpaired) electrons. The van der Waals surface area contributed by atoms with Gasteiger partial charge in [-0.25, -0.2) is 4.79 Å². The number of hydrogen-bond acceptors (Lipinski definition) is 2. The lowest BCUT2D eigenvalue weighted by molar-refractivity contribution is -0.137. The fraction of sp³-hybridized carbons (Fsp3) is 0.167. The van der Waals surface area contributed by atoms with E-state index in [-0.39, 0.29) is 5.69 Å². The van der Waals surface area contributed by atoms with Crippen molar-refractivity contribution < 1.29 is 13.2 Å². The van der Waals surface area contributed by atoms with Crippen molar-refractivity contribution in [1.82, 2.24) is 9.55 Å². The third kappa shape index (κ3) is 2.59. The molecule has 0 amide bonds. The molecule has 1 aromatic heterocycles. The SMILES string of the molecule is Cn1c(=O)cc(-c2ccc(C(F)(F)F)cc2)[nH]c1=O. The summed E-state index contributed by atoms with van der Waals surface area (Å²) in [4.78, 5) is 25.2. The highest BCUT2D eigenvalue weighted by Gasteiger charge is 2.29. The summed E-state index contributed by atoms with van der Waals surface area (Å²) in [6, 6.07) is 5.35. The first-order chi connectivity index (χ1) is 8.79. The molecular weight excluding hydrogens is 261 g/mol. The third-order valence-corrected chi connectivity index (χ3v) is 2.67. The summed E-state index contributed by atoms with van der Waals surface area (Å²) in [6.45, 7) is 0. The summed E-state index contributed by atoms with van der Waals surface area (Å²) in [6.07, 6.45) is -4.42. The van der Waals surface area contributed by atoms with Gasteiger partial charge in [0.25, 0.3) is 5.56 Å². The van der Waals surface area contributed by atoms with E-state index in [1.54, 1.807) is 0 Å². The maximum Gasteiger partial charge on any atom is 0.416 e. The average Bonchev–Trinajstić information content (AvgIpc) is 2.34. The van der Waals surface area contributed by atoms with Gasteiger partial charge in [0.05, 0.1) is 11.3 Å². The predicted molar refractivity (Wildman–Crippen MR) is 62.7 cm³/mol. The van der Waals surface area contributed by atoms with Crippen molar-refractivity contribution in [3.63, 3.8) is 0 Å². The molecular formula is C12H9F3N2O2. The number of halogens is 3.